The summed E-state index contributed by atoms with van der Waals surface area (Å²) in [5.74, 6) is 0.0638. The first-order chi connectivity index (χ1) is 13.7. The Bertz CT molecular complexity index is 978. The summed E-state index contributed by atoms with van der Waals surface area (Å²) in [5, 5.41) is 1.01. The smallest absolute Gasteiger partial charge is 0.240 e. The van der Waals surface area contributed by atoms with E-state index < -0.39 is 10.0 Å². The molecule has 29 heavy (non-hydrogen) atoms. The molecule has 156 valence electrons. The molecule has 0 aliphatic carbocycles. The van der Waals surface area contributed by atoms with Crippen LogP contribution in [0.4, 0.5) is 0 Å². The van der Waals surface area contributed by atoms with Crippen molar-refractivity contribution >= 4 is 39.1 Å². The van der Waals surface area contributed by atoms with E-state index in [1.807, 2.05) is 6.92 Å². The predicted octanol–water partition coefficient (Wildman–Crippen LogP) is 4.06. The predicted molar refractivity (Wildman–Crippen MR) is 116 cm³/mol. The highest BCUT2D eigenvalue weighted by Gasteiger charge is 2.25. The lowest BCUT2D eigenvalue weighted by molar-refractivity contribution is -0.132. The highest BCUT2D eigenvalue weighted by molar-refractivity contribution is 7.89. The van der Waals surface area contributed by atoms with Gasteiger partial charge in [0, 0.05) is 29.7 Å². The lowest BCUT2D eigenvalue weighted by atomic mass is 9.97. The van der Waals surface area contributed by atoms with Gasteiger partial charge >= 0.3 is 0 Å². The largest absolute Gasteiger partial charge is 0.342 e. The fourth-order valence-electron chi connectivity index (χ4n) is 3.43. The van der Waals surface area contributed by atoms with Gasteiger partial charge in [0.2, 0.25) is 15.9 Å². The number of hydrogen-bond donors (Lipinski definition) is 1. The van der Waals surface area contributed by atoms with Gasteiger partial charge < -0.3 is 4.90 Å². The molecule has 1 unspecified atom stereocenters. The summed E-state index contributed by atoms with van der Waals surface area (Å²) < 4.78 is 27.7. The number of sulfonamides is 1. The van der Waals surface area contributed by atoms with E-state index in [1.165, 1.54) is 0 Å². The molecule has 1 N–H and O–H groups in total. The zero-order chi connectivity index (χ0) is 21.0. The van der Waals surface area contributed by atoms with Crippen LogP contribution in [-0.4, -0.2) is 38.9 Å². The van der Waals surface area contributed by atoms with Crippen LogP contribution in [0.3, 0.4) is 0 Å². The standard InChI is InChI=1S/C21H24Cl2N2O3S/c1-15-4-8-19(9-5-15)29(27,28)24-13-16-3-2-10-25(14-16)21(26)11-17-6-7-18(22)12-20(17)23/h4-9,12,16,24H,2-3,10-11,13-14H2,1H3. The number of likely N-dealkylation sites (tertiary alicyclic amines) is 1. The van der Waals surface area contributed by atoms with Gasteiger partial charge in [-0.15, -0.1) is 0 Å². The third-order valence-electron chi connectivity index (χ3n) is 5.12. The number of hydrogen-bond acceptors (Lipinski definition) is 3. The molecular formula is C21H24Cl2N2O3S. The van der Waals surface area contributed by atoms with Crippen LogP contribution >= 0.6 is 23.2 Å². The maximum absolute atomic E-state index is 12.7. The molecule has 1 atom stereocenters. The Kier molecular flexibility index (Phi) is 7.22. The minimum absolute atomic E-state index is 0.0136. The van der Waals surface area contributed by atoms with E-state index in [9.17, 15) is 13.2 Å². The molecule has 0 bridgehead atoms. The minimum Gasteiger partial charge on any atom is -0.342 e. The Labute approximate surface area is 182 Å². The van der Waals surface area contributed by atoms with Crippen LogP contribution in [0.1, 0.15) is 24.0 Å². The number of carbonyl (C=O) groups is 1. The summed E-state index contributed by atoms with van der Waals surface area (Å²) >= 11 is 12.1. The third kappa shape index (κ3) is 5.95. The van der Waals surface area contributed by atoms with Gasteiger partial charge in [-0.25, -0.2) is 13.1 Å². The fourth-order valence-corrected chi connectivity index (χ4v) is 5.02. The molecule has 1 aliphatic heterocycles. The number of rotatable bonds is 6. The van der Waals surface area contributed by atoms with Gasteiger partial charge in [-0.2, -0.15) is 0 Å². The summed E-state index contributed by atoms with van der Waals surface area (Å²) in [4.78, 5) is 14.7. The van der Waals surface area contributed by atoms with E-state index in [-0.39, 0.29) is 23.1 Å². The Morgan fingerprint density at radius 1 is 1.17 bits per heavy atom. The number of benzene rings is 2. The van der Waals surface area contributed by atoms with Crippen molar-refractivity contribution in [3.05, 3.63) is 63.6 Å². The minimum atomic E-state index is -3.56. The van der Waals surface area contributed by atoms with Gasteiger partial charge in [-0.3, -0.25) is 4.79 Å². The molecule has 5 nitrogen and oxygen atoms in total. The van der Waals surface area contributed by atoms with Crippen molar-refractivity contribution < 1.29 is 13.2 Å². The second-order valence-corrected chi connectivity index (χ2v) is 10.0. The van der Waals surface area contributed by atoms with Crippen molar-refractivity contribution in [2.75, 3.05) is 19.6 Å². The van der Waals surface area contributed by atoms with E-state index in [0.29, 0.717) is 29.7 Å². The molecule has 2 aromatic carbocycles. The summed E-state index contributed by atoms with van der Waals surface area (Å²) in [7, 11) is -3.56. The van der Waals surface area contributed by atoms with Crippen LogP contribution in [0.25, 0.3) is 0 Å². The molecule has 1 fully saturated rings. The lowest BCUT2D eigenvalue weighted by Gasteiger charge is -2.33. The molecule has 1 amide bonds. The van der Waals surface area contributed by atoms with Crippen LogP contribution in [0.2, 0.25) is 10.0 Å². The van der Waals surface area contributed by atoms with E-state index in [2.05, 4.69) is 4.72 Å². The first-order valence-electron chi connectivity index (χ1n) is 9.52. The van der Waals surface area contributed by atoms with Gasteiger partial charge in [-0.1, -0.05) is 47.0 Å². The van der Waals surface area contributed by atoms with Crippen LogP contribution in [0.15, 0.2) is 47.4 Å². The maximum atomic E-state index is 12.7. The third-order valence-corrected chi connectivity index (χ3v) is 7.15. The zero-order valence-corrected chi connectivity index (χ0v) is 18.5. The molecule has 0 saturated carbocycles. The first kappa shape index (κ1) is 22.1. The van der Waals surface area contributed by atoms with Gasteiger partial charge in [0.1, 0.15) is 0 Å². The van der Waals surface area contributed by atoms with Gasteiger partial charge in [-0.05, 0) is 55.5 Å². The number of nitrogens with zero attached hydrogens (tertiary/aromatic N) is 1. The van der Waals surface area contributed by atoms with Crippen LogP contribution in [0, 0.1) is 12.8 Å². The molecule has 1 saturated heterocycles. The maximum Gasteiger partial charge on any atom is 0.240 e. The van der Waals surface area contributed by atoms with Gasteiger partial charge in [0.05, 0.1) is 11.3 Å². The van der Waals surface area contributed by atoms with Crippen molar-refractivity contribution in [2.45, 2.75) is 31.1 Å². The van der Waals surface area contributed by atoms with Crippen molar-refractivity contribution in [2.24, 2.45) is 5.92 Å². The molecule has 1 aliphatic rings. The second kappa shape index (κ2) is 9.47. The number of halogens is 2. The number of aryl methyl sites for hydroxylation is 1. The summed E-state index contributed by atoms with van der Waals surface area (Å²) in [6.07, 6.45) is 1.93. The molecule has 1 heterocycles. The number of carbonyl (C=O) groups excluding carboxylic acids is 1. The second-order valence-electron chi connectivity index (χ2n) is 7.43. The highest BCUT2D eigenvalue weighted by atomic mass is 35.5. The zero-order valence-electron chi connectivity index (χ0n) is 16.2. The van der Waals surface area contributed by atoms with Gasteiger partial charge in [0.15, 0.2) is 0 Å². The Balaban J connectivity index is 1.57. The van der Waals surface area contributed by atoms with E-state index in [0.717, 1.165) is 24.0 Å². The van der Waals surface area contributed by atoms with Crippen molar-refractivity contribution in [1.82, 2.24) is 9.62 Å². The highest BCUT2D eigenvalue weighted by Crippen LogP contribution is 2.23. The van der Waals surface area contributed by atoms with E-state index >= 15 is 0 Å². The summed E-state index contributed by atoms with van der Waals surface area (Å²) in [6, 6.07) is 11.9. The Morgan fingerprint density at radius 2 is 1.90 bits per heavy atom. The first-order valence-corrected chi connectivity index (χ1v) is 11.8. The summed E-state index contributed by atoms with van der Waals surface area (Å²) in [6.45, 7) is 3.42. The fraction of sp³-hybridized carbons (Fsp3) is 0.381. The van der Waals surface area contributed by atoms with E-state index in [1.54, 1.807) is 47.4 Å². The Morgan fingerprint density at radius 3 is 2.59 bits per heavy atom. The quantitative estimate of drug-likeness (QED) is 0.715. The van der Waals surface area contributed by atoms with Gasteiger partial charge in [0.25, 0.3) is 0 Å². The Hall–Kier alpha value is -1.60. The molecule has 8 heteroatoms. The molecule has 2 aromatic rings. The number of piperidine rings is 1. The average Bonchev–Trinajstić information content (AvgIpc) is 2.69. The molecule has 0 aromatic heterocycles. The van der Waals surface area contributed by atoms with E-state index in [4.69, 9.17) is 23.2 Å². The molecule has 3 rings (SSSR count). The number of nitrogens with one attached hydrogen (secondary N) is 1. The normalized spacial score (nSPS) is 17.3. The van der Waals surface area contributed by atoms with Crippen molar-refractivity contribution in [3.63, 3.8) is 0 Å². The molecule has 0 radical (unpaired) electrons. The summed E-state index contributed by atoms with van der Waals surface area (Å²) in [5.41, 5.74) is 1.74. The monoisotopic (exact) mass is 454 g/mol. The van der Waals surface area contributed by atoms with Crippen LogP contribution in [-0.2, 0) is 21.2 Å². The van der Waals surface area contributed by atoms with Crippen LogP contribution in [0.5, 0.6) is 0 Å². The molecular weight excluding hydrogens is 431 g/mol. The van der Waals surface area contributed by atoms with Crippen LogP contribution < -0.4 is 4.72 Å². The SMILES string of the molecule is Cc1ccc(S(=O)(=O)NCC2CCCN(C(=O)Cc3ccc(Cl)cc3Cl)C2)cc1. The number of amides is 1. The average molecular weight is 455 g/mol. The topological polar surface area (TPSA) is 66.5 Å². The lowest BCUT2D eigenvalue weighted by Crippen LogP contribution is -2.44. The van der Waals surface area contributed by atoms with Crippen molar-refractivity contribution in [3.8, 4) is 0 Å². The van der Waals surface area contributed by atoms with Crippen molar-refractivity contribution in [1.29, 1.82) is 0 Å². The molecule has 0 spiro atoms.